The summed E-state index contributed by atoms with van der Waals surface area (Å²) in [6.07, 6.45) is 6.91. The average molecular weight is 498 g/mol. The standard InChI is InChI=1S/C26H21O5.C5H8O/c1-16(2)25(28)30-21-11-9-20(10-12-21)23(27)14-6-18-5-13-22(19-7-8-19)24(15-18)31-26(29)17(3)4;1-4(2)5(3)6/h5-15H,1,3H2,2,4H3;1H2,2-3H3/b14-6+;. The molecular weight excluding hydrogens is 468 g/mol. The van der Waals surface area contributed by atoms with Crippen LogP contribution in [0.25, 0.3) is 11.6 Å². The molecule has 1 radical (unpaired) electrons. The number of allylic oxidation sites excluding steroid dienone is 4. The third-order valence-corrected chi connectivity index (χ3v) is 4.93. The van der Waals surface area contributed by atoms with Crippen molar-refractivity contribution < 1.29 is 28.7 Å². The van der Waals surface area contributed by atoms with Gasteiger partial charge in [-0.3, -0.25) is 9.59 Å². The largest absolute Gasteiger partial charge is 0.423 e. The summed E-state index contributed by atoms with van der Waals surface area (Å²) in [6, 6.07) is 11.6. The van der Waals surface area contributed by atoms with E-state index < -0.39 is 11.9 Å². The van der Waals surface area contributed by atoms with Crippen molar-refractivity contribution in [2.24, 2.45) is 0 Å². The molecule has 0 fully saturated rings. The van der Waals surface area contributed by atoms with Gasteiger partial charge in [-0.25, -0.2) is 9.59 Å². The minimum absolute atomic E-state index is 0.0648. The SMILES string of the molecule is C=C(C)C(=O)Oc1ccc(C(=O)/C=C/c2ccc(C3=C[CH]3)c(OC(=O)C(=C)C)c2)cc1.C=C(C)C(C)=O. The second-order valence-electron chi connectivity index (χ2n) is 8.44. The van der Waals surface area contributed by atoms with Crippen molar-refractivity contribution in [1.82, 2.24) is 0 Å². The van der Waals surface area contributed by atoms with Gasteiger partial charge in [0, 0.05) is 28.7 Å². The van der Waals surface area contributed by atoms with Crippen LogP contribution in [0.15, 0.2) is 91.1 Å². The number of hydrogen-bond donors (Lipinski definition) is 0. The molecule has 37 heavy (non-hydrogen) atoms. The Labute approximate surface area is 217 Å². The molecule has 0 bridgehead atoms. The van der Waals surface area contributed by atoms with Crippen molar-refractivity contribution in [2.45, 2.75) is 27.7 Å². The van der Waals surface area contributed by atoms with Crippen LogP contribution in [0, 0.1) is 6.42 Å². The van der Waals surface area contributed by atoms with Crippen molar-refractivity contribution in [3.63, 3.8) is 0 Å². The predicted molar refractivity (Wildman–Crippen MR) is 145 cm³/mol. The van der Waals surface area contributed by atoms with Crippen LogP contribution in [0.1, 0.15) is 49.2 Å². The summed E-state index contributed by atoms with van der Waals surface area (Å²) in [5.74, 6) is -0.446. The van der Waals surface area contributed by atoms with Gasteiger partial charge in [-0.2, -0.15) is 0 Å². The topological polar surface area (TPSA) is 86.7 Å². The van der Waals surface area contributed by atoms with Crippen LogP contribution in [-0.4, -0.2) is 23.5 Å². The number of hydrogen-bond acceptors (Lipinski definition) is 6. The van der Waals surface area contributed by atoms with Gasteiger partial charge in [0.1, 0.15) is 11.5 Å². The van der Waals surface area contributed by atoms with Gasteiger partial charge in [-0.15, -0.1) is 0 Å². The summed E-state index contributed by atoms with van der Waals surface area (Å²) < 4.78 is 10.6. The predicted octanol–water partition coefficient (Wildman–Crippen LogP) is 6.30. The lowest BCUT2D eigenvalue weighted by Gasteiger charge is -2.09. The van der Waals surface area contributed by atoms with Crippen molar-refractivity contribution in [3.8, 4) is 11.5 Å². The second-order valence-corrected chi connectivity index (χ2v) is 8.44. The maximum atomic E-state index is 12.5. The fourth-order valence-electron chi connectivity index (χ4n) is 2.52. The Kier molecular flexibility index (Phi) is 10.0. The Morgan fingerprint density at radius 2 is 1.30 bits per heavy atom. The average Bonchev–Trinajstić information content (AvgIpc) is 3.68. The second kappa shape index (κ2) is 12.9. The highest BCUT2D eigenvalue weighted by atomic mass is 16.5. The van der Waals surface area contributed by atoms with Crippen LogP contribution in [0.5, 0.6) is 11.5 Å². The molecule has 0 unspecified atom stereocenters. The van der Waals surface area contributed by atoms with E-state index >= 15 is 0 Å². The molecule has 6 nitrogen and oxygen atoms in total. The van der Waals surface area contributed by atoms with E-state index in [0.29, 0.717) is 39.3 Å². The molecule has 0 spiro atoms. The number of carbonyl (C=O) groups excluding carboxylic acids is 4. The fourth-order valence-corrected chi connectivity index (χ4v) is 2.52. The van der Waals surface area contributed by atoms with Crippen LogP contribution in [0.3, 0.4) is 0 Å². The van der Waals surface area contributed by atoms with E-state index in [1.165, 1.54) is 13.0 Å². The fraction of sp³-hybridized carbons (Fsp3) is 0.129. The number of esters is 2. The van der Waals surface area contributed by atoms with E-state index in [9.17, 15) is 19.2 Å². The van der Waals surface area contributed by atoms with Crippen LogP contribution in [0.4, 0.5) is 0 Å². The summed E-state index contributed by atoms with van der Waals surface area (Å²) in [7, 11) is 0. The molecule has 0 heterocycles. The van der Waals surface area contributed by atoms with Crippen molar-refractivity contribution in [2.75, 3.05) is 0 Å². The Hall–Kier alpha value is -4.58. The third kappa shape index (κ3) is 9.18. The molecule has 0 saturated heterocycles. The molecule has 3 rings (SSSR count). The Bertz CT molecular complexity index is 1320. The number of ether oxygens (including phenoxy) is 2. The highest BCUT2D eigenvalue weighted by Gasteiger charge is 2.18. The zero-order chi connectivity index (χ0) is 27.7. The lowest BCUT2D eigenvalue weighted by atomic mass is 10.1. The molecule has 0 atom stereocenters. The zero-order valence-electron chi connectivity index (χ0n) is 21.4. The van der Waals surface area contributed by atoms with Crippen LogP contribution >= 0.6 is 0 Å². The number of carbonyl (C=O) groups is 4. The number of benzene rings is 2. The number of rotatable bonds is 9. The molecule has 2 aromatic rings. The van der Waals surface area contributed by atoms with Gasteiger partial charge in [0.15, 0.2) is 11.6 Å². The lowest BCUT2D eigenvalue weighted by Crippen LogP contribution is -2.09. The van der Waals surface area contributed by atoms with Gasteiger partial charge >= 0.3 is 11.9 Å². The maximum absolute atomic E-state index is 12.5. The summed E-state index contributed by atoms with van der Waals surface area (Å²) in [4.78, 5) is 46.0. The highest BCUT2D eigenvalue weighted by Crippen LogP contribution is 2.37. The molecular formula is C31H29O6. The van der Waals surface area contributed by atoms with Crippen molar-refractivity contribution in [3.05, 3.63) is 114 Å². The molecule has 1 aliphatic carbocycles. The Morgan fingerprint density at radius 1 is 0.757 bits per heavy atom. The smallest absolute Gasteiger partial charge is 0.338 e. The summed E-state index contributed by atoms with van der Waals surface area (Å²) >= 11 is 0. The molecule has 189 valence electrons. The van der Waals surface area contributed by atoms with Gasteiger partial charge in [0.05, 0.1) is 0 Å². The first-order chi connectivity index (χ1) is 17.4. The maximum Gasteiger partial charge on any atom is 0.338 e. The van der Waals surface area contributed by atoms with Gasteiger partial charge in [-0.1, -0.05) is 44.0 Å². The van der Waals surface area contributed by atoms with E-state index in [4.69, 9.17) is 9.47 Å². The van der Waals surface area contributed by atoms with E-state index in [1.807, 2.05) is 24.6 Å². The molecule has 0 amide bonds. The first kappa shape index (κ1) is 28.7. The van der Waals surface area contributed by atoms with Gasteiger partial charge in [-0.05, 0) is 80.8 Å². The molecule has 6 heteroatoms. The summed E-state index contributed by atoms with van der Waals surface area (Å²) in [5.41, 5.74) is 4.15. The van der Waals surface area contributed by atoms with E-state index in [1.54, 1.807) is 57.2 Å². The minimum atomic E-state index is -0.523. The summed E-state index contributed by atoms with van der Waals surface area (Å²) in [6.45, 7) is 16.9. The van der Waals surface area contributed by atoms with Crippen LogP contribution in [-0.2, 0) is 14.4 Å². The van der Waals surface area contributed by atoms with Crippen LogP contribution in [0.2, 0.25) is 0 Å². The first-order valence-corrected chi connectivity index (χ1v) is 11.3. The van der Waals surface area contributed by atoms with E-state index in [-0.39, 0.29) is 11.6 Å². The van der Waals surface area contributed by atoms with Gasteiger partial charge in [0.25, 0.3) is 0 Å². The number of ketones is 2. The highest BCUT2D eigenvalue weighted by molar-refractivity contribution is 6.07. The molecule has 0 aliphatic heterocycles. The first-order valence-electron chi connectivity index (χ1n) is 11.3. The monoisotopic (exact) mass is 497 g/mol. The van der Waals surface area contributed by atoms with Crippen LogP contribution < -0.4 is 9.47 Å². The molecule has 2 aromatic carbocycles. The zero-order valence-corrected chi connectivity index (χ0v) is 21.4. The quantitative estimate of drug-likeness (QED) is 0.175. The Morgan fingerprint density at radius 3 is 1.78 bits per heavy atom. The number of Topliss-reactive ketones (excluding diaryl/α,β-unsaturated/α-hetero) is 1. The van der Waals surface area contributed by atoms with Gasteiger partial charge < -0.3 is 9.47 Å². The normalized spacial score (nSPS) is 11.4. The molecule has 1 aliphatic rings. The van der Waals surface area contributed by atoms with E-state index in [0.717, 1.165) is 11.1 Å². The Balaban J connectivity index is 0.000000717. The lowest BCUT2D eigenvalue weighted by molar-refractivity contribution is -0.130. The van der Waals surface area contributed by atoms with Crippen molar-refractivity contribution in [1.29, 1.82) is 0 Å². The molecule has 0 saturated carbocycles. The van der Waals surface area contributed by atoms with Gasteiger partial charge in [0.2, 0.25) is 0 Å². The molecule has 0 aromatic heterocycles. The molecule has 0 N–H and O–H groups in total. The van der Waals surface area contributed by atoms with Crippen molar-refractivity contribution >= 4 is 35.2 Å². The minimum Gasteiger partial charge on any atom is -0.423 e. The third-order valence-electron chi connectivity index (χ3n) is 4.93. The summed E-state index contributed by atoms with van der Waals surface area (Å²) in [5, 5.41) is 0. The van der Waals surface area contributed by atoms with E-state index in [2.05, 4.69) is 19.7 Å².